The van der Waals surface area contributed by atoms with Gasteiger partial charge in [-0.15, -0.1) is 0 Å². The number of rotatable bonds is 13. The smallest absolute Gasteiger partial charge is 0.347 e. The molecule has 0 bridgehead atoms. The number of hydrogen-bond acceptors (Lipinski definition) is 6. The van der Waals surface area contributed by atoms with E-state index < -0.39 is 11.6 Å². The normalized spacial score (nSPS) is 15.7. The van der Waals surface area contributed by atoms with Crippen molar-refractivity contribution >= 4 is 39.4 Å². The maximum Gasteiger partial charge on any atom is 0.347 e. The first kappa shape index (κ1) is 30.2. The third-order valence-electron chi connectivity index (χ3n) is 6.67. The molecule has 1 saturated heterocycles. The topological polar surface area (TPSA) is 72.8 Å². The molecule has 1 heterocycles. The van der Waals surface area contributed by atoms with Crippen molar-refractivity contribution in [3.63, 3.8) is 0 Å². The van der Waals surface area contributed by atoms with Crippen molar-refractivity contribution in [3.8, 4) is 11.5 Å². The largest absolute Gasteiger partial charge is 0.493 e. The summed E-state index contributed by atoms with van der Waals surface area (Å²) in [6.07, 6.45) is 9.50. The molecule has 7 heteroatoms. The molecule has 0 radical (unpaired) electrons. The second-order valence-electron chi connectivity index (χ2n) is 10.6. The SMILES string of the molecule is Cc1cc(C(=O)/C=C/c2cc(C)c(OC(C)(C)C(=O)O)c(C)c2)cc(C)c1OCCCCCC1CCSS1. The van der Waals surface area contributed by atoms with Crippen molar-refractivity contribution < 1.29 is 24.2 Å². The summed E-state index contributed by atoms with van der Waals surface area (Å²) in [7, 11) is 4.05. The van der Waals surface area contributed by atoms with Gasteiger partial charge in [0.05, 0.1) is 6.61 Å². The Balaban J connectivity index is 1.58. The molecule has 1 aliphatic heterocycles. The molecule has 0 amide bonds. The molecule has 1 N–H and O–H groups in total. The first-order chi connectivity index (χ1) is 18.0. The summed E-state index contributed by atoms with van der Waals surface area (Å²) >= 11 is 0. The molecule has 38 heavy (non-hydrogen) atoms. The van der Waals surface area contributed by atoms with E-state index >= 15 is 0 Å². The van der Waals surface area contributed by atoms with Crippen LogP contribution in [0.5, 0.6) is 11.5 Å². The van der Waals surface area contributed by atoms with Crippen LogP contribution in [0.25, 0.3) is 6.08 Å². The van der Waals surface area contributed by atoms with E-state index in [0.29, 0.717) is 17.9 Å². The van der Waals surface area contributed by atoms with E-state index in [1.807, 2.05) is 73.5 Å². The van der Waals surface area contributed by atoms with Crippen molar-refractivity contribution in [3.05, 3.63) is 63.7 Å². The lowest BCUT2D eigenvalue weighted by Crippen LogP contribution is -2.38. The van der Waals surface area contributed by atoms with Gasteiger partial charge in [0.1, 0.15) is 11.5 Å². The Hall–Kier alpha value is -2.38. The number of carboxylic acid groups (broad SMARTS) is 1. The summed E-state index contributed by atoms with van der Waals surface area (Å²) in [5.41, 5.74) is 3.72. The molecule has 1 fully saturated rings. The van der Waals surface area contributed by atoms with Gasteiger partial charge >= 0.3 is 5.97 Å². The highest BCUT2D eigenvalue weighted by atomic mass is 33.1. The number of hydrogen-bond donors (Lipinski definition) is 1. The molecule has 2 aromatic rings. The number of unbranched alkanes of at least 4 members (excludes halogenated alkanes) is 2. The zero-order valence-corrected chi connectivity index (χ0v) is 25.0. The van der Waals surface area contributed by atoms with Gasteiger partial charge in [-0.05, 0) is 119 Å². The van der Waals surface area contributed by atoms with Crippen LogP contribution in [0.2, 0.25) is 0 Å². The minimum atomic E-state index is -1.33. The summed E-state index contributed by atoms with van der Waals surface area (Å²) < 4.78 is 11.9. The second-order valence-corrected chi connectivity index (χ2v) is 13.4. The van der Waals surface area contributed by atoms with Gasteiger partial charge in [-0.1, -0.05) is 40.5 Å². The van der Waals surface area contributed by atoms with Crippen molar-refractivity contribution in [1.29, 1.82) is 0 Å². The minimum absolute atomic E-state index is 0.0756. The van der Waals surface area contributed by atoms with Crippen LogP contribution >= 0.6 is 21.6 Å². The minimum Gasteiger partial charge on any atom is -0.493 e. The van der Waals surface area contributed by atoms with E-state index in [9.17, 15) is 14.7 Å². The number of benzene rings is 2. The molecule has 0 aromatic heterocycles. The van der Waals surface area contributed by atoms with E-state index in [4.69, 9.17) is 9.47 Å². The van der Waals surface area contributed by atoms with Crippen molar-refractivity contribution in [2.45, 2.75) is 84.5 Å². The van der Waals surface area contributed by atoms with Crippen molar-refractivity contribution in [1.82, 2.24) is 0 Å². The summed E-state index contributed by atoms with van der Waals surface area (Å²) in [5.74, 6) is 1.62. The van der Waals surface area contributed by atoms with Crippen LogP contribution in [-0.4, -0.2) is 40.1 Å². The van der Waals surface area contributed by atoms with E-state index in [-0.39, 0.29) is 5.78 Å². The standard InChI is InChI=1S/C31H40O5S2/c1-20-16-24(17-21(2)29(20)36-31(5,6)30(33)34)11-12-27(32)25-18-22(3)28(23(4)19-25)35-14-9-7-8-10-26-13-15-37-38-26/h11-12,16-19,26H,7-10,13-15H2,1-6H3,(H,33,34)/b12-11+. The maximum absolute atomic E-state index is 13.0. The third kappa shape index (κ3) is 8.31. The highest BCUT2D eigenvalue weighted by molar-refractivity contribution is 8.77. The van der Waals surface area contributed by atoms with Crippen LogP contribution in [0, 0.1) is 27.7 Å². The Bertz CT molecular complexity index is 1130. The fourth-order valence-corrected chi connectivity index (χ4v) is 7.55. The van der Waals surface area contributed by atoms with Gasteiger partial charge in [0.25, 0.3) is 0 Å². The van der Waals surface area contributed by atoms with E-state index in [1.165, 1.54) is 45.3 Å². The number of ether oxygens (including phenoxy) is 2. The Morgan fingerprint density at radius 2 is 1.61 bits per heavy atom. The molecule has 0 aliphatic carbocycles. The van der Waals surface area contributed by atoms with Gasteiger partial charge < -0.3 is 14.6 Å². The molecule has 0 spiro atoms. The zero-order valence-electron chi connectivity index (χ0n) is 23.4. The Morgan fingerprint density at radius 1 is 0.974 bits per heavy atom. The fraction of sp³-hybridized carbons (Fsp3) is 0.484. The third-order valence-corrected chi connectivity index (χ3v) is 9.68. The lowest BCUT2D eigenvalue weighted by atomic mass is 10.0. The molecule has 5 nitrogen and oxygen atoms in total. The summed E-state index contributed by atoms with van der Waals surface area (Å²) in [6, 6.07) is 7.57. The molecule has 1 unspecified atom stereocenters. The van der Waals surface area contributed by atoms with Crippen molar-refractivity contribution in [2.75, 3.05) is 12.4 Å². The second kappa shape index (κ2) is 13.6. The van der Waals surface area contributed by atoms with Crippen LogP contribution in [-0.2, 0) is 4.79 Å². The number of ketones is 1. The number of aliphatic carboxylic acids is 1. The number of carbonyl (C=O) groups is 2. The Kier molecular flexibility index (Phi) is 10.8. The van der Waals surface area contributed by atoms with Gasteiger partial charge in [0, 0.05) is 16.6 Å². The summed E-state index contributed by atoms with van der Waals surface area (Å²) in [4.78, 5) is 24.4. The molecular weight excluding hydrogens is 516 g/mol. The van der Waals surface area contributed by atoms with Gasteiger partial charge in [-0.3, -0.25) is 4.79 Å². The van der Waals surface area contributed by atoms with Gasteiger partial charge in [-0.2, -0.15) is 0 Å². The molecule has 206 valence electrons. The maximum atomic E-state index is 13.0. The Morgan fingerprint density at radius 3 is 2.18 bits per heavy atom. The van der Waals surface area contributed by atoms with E-state index in [1.54, 1.807) is 12.2 Å². The summed E-state index contributed by atoms with van der Waals surface area (Å²) in [5, 5.41) is 10.2. The molecule has 3 rings (SSSR count). The lowest BCUT2D eigenvalue weighted by molar-refractivity contribution is -0.152. The van der Waals surface area contributed by atoms with Crippen LogP contribution in [0.15, 0.2) is 30.3 Å². The predicted octanol–water partition coefficient (Wildman–Crippen LogP) is 8.15. The zero-order chi connectivity index (χ0) is 27.9. The van der Waals surface area contributed by atoms with E-state index in [0.717, 1.165) is 45.2 Å². The Labute approximate surface area is 235 Å². The molecule has 1 aliphatic rings. The summed E-state index contributed by atoms with van der Waals surface area (Å²) in [6.45, 7) is 11.5. The van der Waals surface area contributed by atoms with Crippen LogP contribution in [0.4, 0.5) is 0 Å². The van der Waals surface area contributed by atoms with Gasteiger partial charge in [-0.25, -0.2) is 4.79 Å². The van der Waals surface area contributed by atoms with Crippen LogP contribution < -0.4 is 9.47 Å². The average molecular weight is 557 g/mol. The quantitative estimate of drug-likeness (QED) is 0.115. The number of carbonyl (C=O) groups excluding carboxylic acids is 1. The molecule has 1 atom stereocenters. The number of aryl methyl sites for hydroxylation is 4. The first-order valence-corrected chi connectivity index (χ1v) is 15.6. The average Bonchev–Trinajstić information content (AvgIpc) is 3.36. The van der Waals surface area contributed by atoms with Crippen LogP contribution in [0.3, 0.4) is 0 Å². The highest BCUT2D eigenvalue weighted by Gasteiger charge is 2.30. The van der Waals surface area contributed by atoms with Gasteiger partial charge in [0.15, 0.2) is 11.4 Å². The predicted molar refractivity (Wildman–Crippen MR) is 160 cm³/mol. The first-order valence-electron chi connectivity index (χ1n) is 13.3. The molecular formula is C31H40O5S2. The van der Waals surface area contributed by atoms with Crippen LogP contribution in [0.1, 0.15) is 84.1 Å². The fourth-order valence-electron chi connectivity index (χ4n) is 4.52. The van der Waals surface area contributed by atoms with Gasteiger partial charge in [0.2, 0.25) is 0 Å². The lowest BCUT2D eigenvalue weighted by Gasteiger charge is -2.24. The molecule has 2 aromatic carbocycles. The number of carboxylic acids is 1. The van der Waals surface area contributed by atoms with Crippen molar-refractivity contribution in [2.24, 2.45) is 0 Å². The highest BCUT2D eigenvalue weighted by Crippen LogP contribution is 2.40. The molecule has 0 saturated carbocycles. The monoisotopic (exact) mass is 556 g/mol. The van der Waals surface area contributed by atoms with E-state index in [2.05, 4.69) is 0 Å². The number of allylic oxidation sites excluding steroid dienone is 1.